The minimum atomic E-state index is -5.38. The van der Waals surface area contributed by atoms with E-state index in [4.69, 9.17) is 6.42 Å². The molecule has 0 aromatic heterocycles. The fraction of sp³-hybridized carbons (Fsp3) is 0.706. The Labute approximate surface area is 152 Å². The van der Waals surface area contributed by atoms with Crippen molar-refractivity contribution in [2.45, 2.75) is 52.3 Å². The maximum Gasteiger partial charge on any atom is 0.430 e. The van der Waals surface area contributed by atoms with E-state index >= 15 is 0 Å². The second kappa shape index (κ2) is 7.44. The zero-order valence-electron chi connectivity index (χ0n) is 14.8. The Balaban J connectivity index is 4.07. The Bertz CT molecular complexity index is 682. The van der Waals surface area contributed by atoms with Gasteiger partial charge in [0.15, 0.2) is 0 Å². The van der Waals surface area contributed by atoms with Crippen LogP contribution in [-0.4, -0.2) is 46.5 Å². The van der Waals surface area contributed by atoms with E-state index in [0.717, 1.165) is 6.92 Å². The van der Waals surface area contributed by atoms with Crippen molar-refractivity contribution in [1.82, 2.24) is 0 Å². The number of carboxylic acids is 2. The van der Waals surface area contributed by atoms with Crippen molar-refractivity contribution in [3.8, 4) is 12.3 Å². The zero-order chi connectivity index (χ0) is 21.4. The molecule has 4 atom stereocenters. The van der Waals surface area contributed by atoms with Gasteiger partial charge in [-0.1, -0.05) is 13.8 Å². The van der Waals surface area contributed by atoms with Crippen molar-refractivity contribution >= 4 is 17.7 Å². The minimum Gasteiger partial charge on any atom is -0.481 e. The third-order valence-corrected chi connectivity index (χ3v) is 5.06. The van der Waals surface area contributed by atoms with Crippen LogP contribution in [0.2, 0.25) is 0 Å². The summed E-state index contributed by atoms with van der Waals surface area (Å²) in [5.74, 6) is -4.40. The number of rotatable bonds is 6. The van der Waals surface area contributed by atoms with Gasteiger partial charge in [0.25, 0.3) is 6.43 Å². The maximum absolute atomic E-state index is 13.7. The molecule has 1 aliphatic heterocycles. The van der Waals surface area contributed by atoms with Crippen LogP contribution in [0.15, 0.2) is 4.99 Å². The largest absolute Gasteiger partial charge is 0.481 e. The highest BCUT2D eigenvalue weighted by molar-refractivity contribution is 6.11. The average Bonchev–Trinajstić information content (AvgIpc) is 2.48. The molecule has 2 N–H and O–H groups in total. The summed E-state index contributed by atoms with van der Waals surface area (Å²) < 4.78 is 68.1. The molecule has 10 heteroatoms. The summed E-state index contributed by atoms with van der Waals surface area (Å²) in [4.78, 5) is 26.9. The van der Waals surface area contributed by atoms with Crippen LogP contribution in [0.5, 0.6) is 0 Å². The van der Waals surface area contributed by atoms with E-state index in [1.807, 2.05) is 5.92 Å². The van der Waals surface area contributed by atoms with Crippen LogP contribution in [0.1, 0.15) is 33.6 Å². The highest BCUT2D eigenvalue weighted by Crippen LogP contribution is 2.56. The second-order valence-electron chi connectivity index (χ2n) is 7.18. The summed E-state index contributed by atoms with van der Waals surface area (Å²) in [7, 11) is 0. The van der Waals surface area contributed by atoms with E-state index in [1.54, 1.807) is 0 Å². The summed E-state index contributed by atoms with van der Waals surface area (Å²) in [6, 6.07) is -2.57. The van der Waals surface area contributed by atoms with Crippen LogP contribution in [0.3, 0.4) is 0 Å². The molecule has 1 heterocycles. The molecular formula is C17H20F5NO4. The number of carbonyl (C=O) groups is 2. The van der Waals surface area contributed by atoms with Gasteiger partial charge >= 0.3 is 18.1 Å². The van der Waals surface area contributed by atoms with Gasteiger partial charge in [-0.15, -0.1) is 12.3 Å². The second-order valence-corrected chi connectivity index (χ2v) is 7.18. The Morgan fingerprint density at radius 1 is 1.26 bits per heavy atom. The average molecular weight is 397 g/mol. The SMILES string of the molecule is C#CCC1(C(=O)O)C(C(F)(F)F)=NC(C(F)F)C(C)(C(=O)O)C1CC(C)C. The van der Waals surface area contributed by atoms with E-state index in [0.29, 0.717) is 0 Å². The van der Waals surface area contributed by atoms with Gasteiger partial charge in [-0.25, -0.2) is 8.78 Å². The summed E-state index contributed by atoms with van der Waals surface area (Å²) in [5.41, 5.74) is -7.48. The standard InChI is InChI=1S/C17H20F5NO4/c1-5-6-16(14(26)27)9(7-8(2)3)15(4,13(24)25)10(11(18)19)23-12(16)17(20,21)22/h1,8-11H,6-7H2,2-4H3,(H,24,25)(H,26,27). The van der Waals surface area contributed by atoms with Gasteiger partial charge in [-0.05, 0) is 25.2 Å². The molecule has 0 aromatic rings. The molecule has 0 aliphatic carbocycles. The Kier molecular flexibility index (Phi) is 6.30. The van der Waals surface area contributed by atoms with Gasteiger partial charge < -0.3 is 10.2 Å². The zero-order valence-corrected chi connectivity index (χ0v) is 14.8. The smallest absolute Gasteiger partial charge is 0.430 e. The summed E-state index contributed by atoms with van der Waals surface area (Å²) in [6.45, 7) is 3.84. The number of hydrogen-bond acceptors (Lipinski definition) is 3. The fourth-order valence-corrected chi connectivity index (χ4v) is 3.80. The number of alkyl halides is 5. The maximum atomic E-state index is 13.7. The van der Waals surface area contributed by atoms with Gasteiger partial charge in [0.2, 0.25) is 0 Å². The van der Waals surface area contributed by atoms with Crippen LogP contribution in [0.25, 0.3) is 0 Å². The number of aliphatic imine (C=N–C) groups is 1. The Hall–Kier alpha value is -2.18. The normalized spacial score (nSPS) is 31.5. The summed E-state index contributed by atoms with van der Waals surface area (Å²) in [6.07, 6.45) is -5.23. The number of aliphatic carboxylic acids is 2. The lowest BCUT2D eigenvalue weighted by molar-refractivity contribution is -0.172. The molecule has 27 heavy (non-hydrogen) atoms. The fourth-order valence-electron chi connectivity index (χ4n) is 3.80. The molecule has 0 saturated carbocycles. The van der Waals surface area contributed by atoms with E-state index in [1.165, 1.54) is 13.8 Å². The lowest BCUT2D eigenvalue weighted by Gasteiger charge is -2.51. The van der Waals surface area contributed by atoms with Gasteiger partial charge in [0.1, 0.15) is 17.2 Å². The Morgan fingerprint density at radius 2 is 1.78 bits per heavy atom. The molecule has 0 aromatic carbocycles. The first kappa shape index (κ1) is 22.9. The minimum absolute atomic E-state index is 0.380. The molecule has 1 rings (SSSR count). The number of nitrogens with zero attached hydrogens (tertiary/aromatic N) is 1. The van der Waals surface area contributed by atoms with Crippen LogP contribution in [-0.2, 0) is 9.59 Å². The molecule has 0 fully saturated rings. The lowest BCUT2D eigenvalue weighted by Crippen LogP contribution is -2.65. The first-order chi connectivity index (χ1) is 12.2. The third kappa shape index (κ3) is 3.64. The van der Waals surface area contributed by atoms with Gasteiger partial charge in [-0.3, -0.25) is 14.6 Å². The predicted octanol–water partition coefficient (Wildman–Crippen LogP) is 3.48. The molecule has 0 saturated heterocycles. The van der Waals surface area contributed by atoms with Crippen molar-refractivity contribution < 1.29 is 41.8 Å². The topological polar surface area (TPSA) is 87.0 Å². The molecule has 0 radical (unpaired) electrons. The van der Waals surface area contributed by atoms with Crippen LogP contribution < -0.4 is 0 Å². The van der Waals surface area contributed by atoms with E-state index < -0.39 is 65.4 Å². The number of halogens is 5. The quantitative estimate of drug-likeness (QED) is 0.531. The van der Waals surface area contributed by atoms with Crippen molar-refractivity contribution in [3.63, 3.8) is 0 Å². The lowest BCUT2D eigenvalue weighted by atomic mass is 9.52. The molecule has 5 nitrogen and oxygen atoms in total. The number of terminal acetylenes is 1. The van der Waals surface area contributed by atoms with Gasteiger partial charge in [0.05, 0.1) is 5.41 Å². The van der Waals surface area contributed by atoms with Crippen LogP contribution >= 0.6 is 0 Å². The molecule has 4 unspecified atom stereocenters. The molecule has 0 bridgehead atoms. The summed E-state index contributed by atoms with van der Waals surface area (Å²) >= 11 is 0. The molecule has 0 amide bonds. The van der Waals surface area contributed by atoms with E-state index in [9.17, 15) is 41.8 Å². The highest BCUT2D eigenvalue weighted by atomic mass is 19.4. The van der Waals surface area contributed by atoms with Gasteiger partial charge in [0, 0.05) is 6.42 Å². The van der Waals surface area contributed by atoms with Crippen molar-refractivity contribution in [2.75, 3.05) is 0 Å². The Morgan fingerprint density at radius 3 is 2.07 bits per heavy atom. The van der Waals surface area contributed by atoms with E-state index in [2.05, 4.69) is 4.99 Å². The first-order valence-corrected chi connectivity index (χ1v) is 8.01. The highest BCUT2D eigenvalue weighted by Gasteiger charge is 2.70. The first-order valence-electron chi connectivity index (χ1n) is 8.01. The third-order valence-electron chi connectivity index (χ3n) is 5.06. The van der Waals surface area contributed by atoms with Crippen molar-refractivity contribution in [1.29, 1.82) is 0 Å². The summed E-state index contributed by atoms with van der Waals surface area (Å²) in [5, 5.41) is 19.4. The molecule has 1 aliphatic rings. The molecular weight excluding hydrogens is 377 g/mol. The molecule has 0 spiro atoms. The predicted molar refractivity (Wildman–Crippen MR) is 85.5 cm³/mol. The van der Waals surface area contributed by atoms with E-state index in [-0.39, 0.29) is 6.42 Å². The van der Waals surface area contributed by atoms with Crippen molar-refractivity contribution in [2.24, 2.45) is 27.7 Å². The monoisotopic (exact) mass is 397 g/mol. The molecule has 152 valence electrons. The van der Waals surface area contributed by atoms with Gasteiger partial charge in [-0.2, -0.15) is 13.2 Å². The number of hydrogen-bond donors (Lipinski definition) is 2. The number of carboxylic acid groups (broad SMARTS) is 2. The van der Waals surface area contributed by atoms with Crippen molar-refractivity contribution in [3.05, 3.63) is 0 Å². The van der Waals surface area contributed by atoms with Crippen LogP contribution in [0, 0.1) is 35.0 Å². The van der Waals surface area contributed by atoms with Crippen LogP contribution in [0.4, 0.5) is 22.0 Å².